The number of ether oxygens (including phenoxy) is 2. The Labute approximate surface area is 243 Å². The molecule has 0 aliphatic carbocycles. The molecule has 0 aliphatic rings. The number of unbranched alkanes of at least 4 members (excludes halogenated alkanes) is 4. The minimum atomic E-state index is -1.16. The Hall–Kier alpha value is -3.63. The number of hydrogen-bond donors (Lipinski definition) is 3. The van der Waals surface area contributed by atoms with Crippen molar-refractivity contribution >= 4 is 29.8 Å². The second-order valence-corrected chi connectivity index (χ2v) is 10.8. The molecule has 11 heteroatoms. The Bertz CT molecular complexity index is 979. The van der Waals surface area contributed by atoms with E-state index in [1.807, 2.05) is 0 Å². The van der Waals surface area contributed by atoms with Crippen molar-refractivity contribution in [2.75, 3.05) is 19.7 Å². The predicted molar refractivity (Wildman–Crippen MR) is 156 cm³/mol. The average molecular weight is 577 g/mol. The summed E-state index contributed by atoms with van der Waals surface area (Å²) in [5.41, 5.74) is 5.12. The van der Waals surface area contributed by atoms with Gasteiger partial charge in [-0.15, -0.1) is 0 Å². The van der Waals surface area contributed by atoms with Gasteiger partial charge in [0.25, 0.3) is 0 Å². The molecule has 0 radical (unpaired) electrons. The standard InChI is InChI=1S/C30H48N4O7/c1-6-8-9-10-14-21-34(28(38)23(17-18-24(31)35)33-29(39)41-30(3,4)5)26(22-15-12-11-13-16-22)27(37)32-20-19-25(36)40-7-2/h11-13,15-16,23,26H,6-10,14,17-21H2,1-5H3,(H2,31,35)(H,32,37)(H,33,39). The monoisotopic (exact) mass is 576 g/mol. The van der Waals surface area contributed by atoms with Gasteiger partial charge in [-0.05, 0) is 46.1 Å². The zero-order chi connectivity index (χ0) is 30.8. The van der Waals surface area contributed by atoms with Gasteiger partial charge >= 0.3 is 12.1 Å². The molecule has 1 rings (SSSR count). The van der Waals surface area contributed by atoms with E-state index in [1.54, 1.807) is 58.0 Å². The summed E-state index contributed by atoms with van der Waals surface area (Å²) in [6, 6.07) is 6.61. The maximum Gasteiger partial charge on any atom is 0.408 e. The molecule has 2 atom stereocenters. The average Bonchev–Trinajstić information content (AvgIpc) is 2.89. The van der Waals surface area contributed by atoms with Crippen molar-refractivity contribution in [1.29, 1.82) is 0 Å². The summed E-state index contributed by atoms with van der Waals surface area (Å²) in [5, 5.41) is 5.34. The lowest BCUT2D eigenvalue weighted by Crippen LogP contribution is -2.53. The van der Waals surface area contributed by atoms with E-state index in [2.05, 4.69) is 17.6 Å². The van der Waals surface area contributed by atoms with Crippen LogP contribution in [0.5, 0.6) is 0 Å². The molecular weight excluding hydrogens is 528 g/mol. The lowest BCUT2D eigenvalue weighted by atomic mass is 10.0. The topological polar surface area (TPSA) is 157 Å². The van der Waals surface area contributed by atoms with Gasteiger partial charge in [0.05, 0.1) is 13.0 Å². The molecule has 4 amide bonds. The summed E-state index contributed by atoms with van der Waals surface area (Å²) in [5.74, 6) is -2.09. The summed E-state index contributed by atoms with van der Waals surface area (Å²) in [6.07, 6.45) is 3.48. The van der Waals surface area contributed by atoms with Crippen LogP contribution in [-0.2, 0) is 28.7 Å². The van der Waals surface area contributed by atoms with Gasteiger partial charge < -0.3 is 30.7 Å². The predicted octanol–water partition coefficient (Wildman–Crippen LogP) is 3.75. The van der Waals surface area contributed by atoms with E-state index < -0.39 is 47.5 Å². The maximum atomic E-state index is 14.1. The first-order valence-electron chi connectivity index (χ1n) is 14.5. The summed E-state index contributed by atoms with van der Waals surface area (Å²) >= 11 is 0. The molecule has 2 unspecified atom stereocenters. The summed E-state index contributed by atoms with van der Waals surface area (Å²) in [4.78, 5) is 65.3. The number of carbonyl (C=O) groups excluding carboxylic acids is 5. The molecule has 230 valence electrons. The lowest BCUT2D eigenvalue weighted by molar-refractivity contribution is -0.144. The molecule has 1 aromatic rings. The fourth-order valence-corrected chi connectivity index (χ4v) is 4.17. The number of rotatable bonds is 18. The molecule has 0 fully saturated rings. The normalized spacial score (nSPS) is 12.5. The van der Waals surface area contributed by atoms with Gasteiger partial charge in [0.15, 0.2) is 0 Å². The van der Waals surface area contributed by atoms with E-state index in [4.69, 9.17) is 15.2 Å². The largest absolute Gasteiger partial charge is 0.466 e. The van der Waals surface area contributed by atoms with E-state index in [1.165, 1.54) is 4.90 Å². The Morgan fingerprint density at radius 1 is 0.951 bits per heavy atom. The molecule has 0 saturated heterocycles. The molecule has 41 heavy (non-hydrogen) atoms. The Balaban J connectivity index is 3.38. The van der Waals surface area contributed by atoms with Crippen molar-refractivity contribution < 1.29 is 33.4 Å². The Morgan fingerprint density at radius 2 is 1.61 bits per heavy atom. The zero-order valence-corrected chi connectivity index (χ0v) is 25.2. The summed E-state index contributed by atoms with van der Waals surface area (Å²) < 4.78 is 10.3. The number of nitrogens with two attached hydrogens (primary N) is 1. The molecule has 1 aromatic carbocycles. The van der Waals surface area contributed by atoms with Crippen LogP contribution in [0.1, 0.15) is 97.6 Å². The SMILES string of the molecule is CCCCCCCN(C(=O)C(CCC(N)=O)NC(=O)OC(C)(C)C)C(C(=O)NCCC(=O)OCC)c1ccccc1. The van der Waals surface area contributed by atoms with Crippen molar-refractivity contribution in [3.8, 4) is 0 Å². The molecule has 0 bridgehead atoms. The molecule has 11 nitrogen and oxygen atoms in total. The number of amides is 4. The minimum absolute atomic E-state index is 0.0203. The van der Waals surface area contributed by atoms with Crippen molar-refractivity contribution in [1.82, 2.24) is 15.5 Å². The van der Waals surface area contributed by atoms with Crippen molar-refractivity contribution in [3.63, 3.8) is 0 Å². The van der Waals surface area contributed by atoms with Crippen LogP contribution in [-0.4, -0.2) is 66.0 Å². The van der Waals surface area contributed by atoms with Crippen LogP contribution in [0.15, 0.2) is 30.3 Å². The van der Waals surface area contributed by atoms with Gasteiger partial charge in [0.1, 0.15) is 17.7 Å². The molecule has 0 spiro atoms. The van der Waals surface area contributed by atoms with Gasteiger partial charge in [-0.3, -0.25) is 19.2 Å². The second-order valence-electron chi connectivity index (χ2n) is 10.8. The van der Waals surface area contributed by atoms with Crippen LogP contribution >= 0.6 is 0 Å². The number of primary amides is 1. The van der Waals surface area contributed by atoms with E-state index >= 15 is 0 Å². The van der Waals surface area contributed by atoms with Crippen molar-refractivity contribution in [3.05, 3.63) is 35.9 Å². The number of carbonyl (C=O) groups is 5. The fourth-order valence-electron chi connectivity index (χ4n) is 4.17. The highest BCUT2D eigenvalue weighted by atomic mass is 16.6. The third-order valence-electron chi connectivity index (χ3n) is 6.06. The van der Waals surface area contributed by atoms with E-state index in [-0.39, 0.29) is 39.0 Å². The smallest absolute Gasteiger partial charge is 0.408 e. The third-order valence-corrected chi connectivity index (χ3v) is 6.06. The summed E-state index contributed by atoms with van der Waals surface area (Å²) in [6.45, 7) is 9.39. The number of nitrogens with zero attached hydrogens (tertiary/aromatic N) is 1. The minimum Gasteiger partial charge on any atom is -0.466 e. The fraction of sp³-hybridized carbons (Fsp3) is 0.633. The van der Waals surface area contributed by atoms with Crippen LogP contribution in [0, 0.1) is 0 Å². The summed E-state index contributed by atoms with van der Waals surface area (Å²) in [7, 11) is 0. The van der Waals surface area contributed by atoms with Gasteiger partial charge in [-0.25, -0.2) is 4.79 Å². The van der Waals surface area contributed by atoms with Crippen LogP contribution in [0.3, 0.4) is 0 Å². The van der Waals surface area contributed by atoms with Crippen LogP contribution in [0.2, 0.25) is 0 Å². The maximum absolute atomic E-state index is 14.1. The first-order valence-corrected chi connectivity index (χ1v) is 14.5. The number of esters is 1. The number of benzene rings is 1. The number of nitrogens with one attached hydrogen (secondary N) is 2. The quantitative estimate of drug-likeness (QED) is 0.177. The molecule has 0 aliphatic heterocycles. The third kappa shape index (κ3) is 14.5. The highest BCUT2D eigenvalue weighted by Crippen LogP contribution is 2.24. The molecule has 0 heterocycles. The van der Waals surface area contributed by atoms with Gasteiger partial charge in [-0.2, -0.15) is 0 Å². The Kier molecular flexibility index (Phi) is 16.1. The van der Waals surface area contributed by atoms with Crippen molar-refractivity contribution in [2.24, 2.45) is 5.73 Å². The molecule has 4 N–H and O–H groups in total. The first-order chi connectivity index (χ1) is 19.4. The number of alkyl carbamates (subject to hydrolysis) is 1. The van der Waals surface area contributed by atoms with Crippen LogP contribution in [0.4, 0.5) is 4.79 Å². The van der Waals surface area contributed by atoms with E-state index in [0.29, 0.717) is 12.0 Å². The first kappa shape index (κ1) is 35.4. The number of hydrogen-bond acceptors (Lipinski definition) is 7. The van der Waals surface area contributed by atoms with E-state index in [9.17, 15) is 24.0 Å². The molecule has 0 saturated carbocycles. The zero-order valence-electron chi connectivity index (χ0n) is 25.2. The molecular formula is C30H48N4O7. The highest BCUT2D eigenvalue weighted by Gasteiger charge is 2.36. The lowest BCUT2D eigenvalue weighted by Gasteiger charge is -2.34. The van der Waals surface area contributed by atoms with Crippen molar-refractivity contribution in [2.45, 2.75) is 104 Å². The van der Waals surface area contributed by atoms with Crippen LogP contribution < -0.4 is 16.4 Å². The Morgan fingerprint density at radius 3 is 2.20 bits per heavy atom. The van der Waals surface area contributed by atoms with Gasteiger partial charge in [0.2, 0.25) is 17.7 Å². The van der Waals surface area contributed by atoms with E-state index in [0.717, 1.165) is 25.7 Å². The van der Waals surface area contributed by atoms with Gasteiger partial charge in [0, 0.05) is 19.5 Å². The van der Waals surface area contributed by atoms with Crippen LogP contribution in [0.25, 0.3) is 0 Å². The second kappa shape index (κ2) is 18.7. The highest BCUT2D eigenvalue weighted by molar-refractivity contribution is 5.92. The molecule has 0 aromatic heterocycles. The van der Waals surface area contributed by atoms with Gasteiger partial charge in [-0.1, -0.05) is 62.9 Å².